The number of Topliss-reactive ketones (excluding diaryl/α,β-unsaturated/α-hetero) is 1. The van der Waals surface area contributed by atoms with E-state index < -0.39 is 10.0 Å². The Balaban J connectivity index is 1.54. The molecule has 1 heterocycles. The van der Waals surface area contributed by atoms with Crippen molar-refractivity contribution in [2.24, 2.45) is 0 Å². The molecule has 5 nitrogen and oxygen atoms in total. The molecule has 0 atom stereocenters. The second-order valence-corrected chi connectivity index (χ2v) is 9.21. The number of anilines is 1. The van der Waals surface area contributed by atoms with Gasteiger partial charge < -0.3 is 0 Å². The zero-order valence-corrected chi connectivity index (χ0v) is 17.7. The van der Waals surface area contributed by atoms with Crippen molar-refractivity contribution < 1.29 is 13.2 Å². The number of benzene rings is 3. The molecule has 0 bridgehead atoms. The molecule has 4 aromatic rings. The van der Waals surface area contributed by atoms with Crippen molar-refractivity contribution in [2.45, 2.75) is 11.8 Å². The normalized spacial score (nSPS) is 11.2. The highest BCUT2D eigenvalue weighted by molar-refractivity contribution is 7.92. The second kappa shape index (κ2) is 8.22. The summed E-state index contributed by atoms with van der Waals surface area (Å²) in [6.07, 6.45) is 0. The lowest BCUT2D eigenvalue weighted by molar-refractivity contribution is 0.101. The summed E-state index contributed by atoms with van der Waals surface area (Å²) in [4.78, 5) is 16.3. The first-order valence-electron chi connectivity index (χ1n) is 9.17. The maximum atomic E-state index is 12.7. The van der Waals surface area contributed by atoms with E-state index in [4.69, 9.17) is 0 Å². The van der Waals surface area contributed by atoms with Crippen LogP contribution in [0.5, 0.6) is 0 Å². The van der Waals surface area contributed by atoms with Crippen LogP contribution in [0.3, 0.4) is 0 Å². The first-order chi connectivity index (χ1) is 14.4. The number of hydrogen-bond donors (Lipinski definition) is 1. The number of carbonyl (C=O) groups is 1. The van der Waals surface area contributed by atoms with Crippen LogP contribution in [0.25, 0.3) is 21.8 Å². The SMILES string of the molecule is CC(=O)c1cccc(S(=O)(=O)Nc2ccc(-c3csc(-c4ccccc4)n3)cc2)c1. The van der Waals surface area contributed by atoms with Crippen LogP contribution in [0.15, 0.2) is 89.1 Å². The van der Waals surface area contributed by atoms with Gasteiger partial charge in [0.2, 0.25) is 0 Å². The Labute approximate surface area is 179 Å². The van der Waals surface area contributed by atoms with Crippen molar-refractivity contribution in [3.63, 3.8) is 0 Å². The number of ketones is 1. The van der Waals surface area contributed by atoms with Crippen LogP contribution < -0.4 is 4.72 Å². The smallest absolute Gasteiger partial charge is 0.261 e. The molecule has 0 spiro atoms. The monoisotopic (exact) mass is 434 g/mol. The number of thiazole rings is 1. The van der Waals surface area contributed by atoms with E-state index in [0.717, 1.165) is 21.8 Å². The molecular weight excluding hydrogens is 416 g/mol. The van der Waals surface area contributed by atoms with E-state index in [9.17, 15) is 13.2 Å². The number of nitrogens with zero attached hydrogens (tertiary/aromatic N) is 1. The van der Waals surface area contributed by atoms with Gasteiger partial charge in [0, 0.05) is 27.8 Å². The summed E-state index contributed by atoms with van der Waals surface area (Å²) in [7, 11) is -3.79. The minimum atomic E-state index is -3.79. The highest BCUT2D eigenvalue weighted by Gasteiger charge is 2.16. The largest absolute Gasteiger partial charge is 0.295 e. The van der Waals surface area contributed by atoms with E-state index in [2.05, 4.69) is 9.71 Å². The predicted octanol–water partition coefficient (Wildman–Crippen LogP) is 5.48. The predicted molar refractivity (Wildman–Crippen MR) is 120 cm³/mol. The molecule has 0 aliphatic carbocycles. The van der Waals surface area contributed by atoms with Crippen LogP contribution in [-0.4, -0.2) is 19.2 Å². The van der Waals surface area contributed by atoms with Crippen LogP contribution in [0.1, 0.15) is 17.3 Å². The van der Waals surface area contributed by atoms with Crippen molar-refractivity contribution in [1.82, 2.24) is 4.98 Å². The Morgan fingerprint density at radius 3 is 2.33 bits per heavy atom. The molecular formula is C23H18N2O3S2. The van der Waals surface area contributed by atoms with Crippen LogP contribution >= 0.6 is 11.3 Å². The summed E-state index contributed by atoms with van der Waals surface area (Å²) in [6.45, 7) is 1.40. The molecule has 0 aliphatic heterocycles. The highest BCUT2D eigenvalue weighted by Crippen LogP contribution is 2.29. The number of nitrogens with one attached hydrogen (secondary N) is 1. The van der Waals surface area contributed by atoms with Crippen molar-refractivity contribution in [3.05, 3.63) is 89.8 Å². The van der Waals surface area contributed by atoms with Gasteiger partial charge in [-0.3, -0.25) is 9.52 Å². The van der Waals surface area contributed by atoms with Crippen LogP contribution in [0, 0.1) is 0 Å². The van der Waals surface area contributed by atoms with Gasteiger partial charge in [-0.1, -0.05) is 54.6 Å². The fourth-order valence-corrected chi connectivity index (χ4v) is 4.86. The topological polar surface area (TPSA) is 76.1 Å². The molecule has 0 radical (unpaired) electrons. The standard InChI is InChI=1S/C23H18N2O3S2/c1-16(26)19-8-5-9-21(14-19)30(27,28)25-20-12-10-17(11-13-20)22-15-29-23(24-22)18-6-3-2-4-7-18/h2-15,25H,1H3. The fraction of sp³-hybridized carbons (Fsp3) is 0.0435. The average molecular weight is 435 g/mol. The number of rotatable bonds is 6. The van der Waals surface area contributed by atoms with Gasteiger partial charge in [-0.25, -0.2) is 13.4 Å². The third kappa shape index (κ3) is 4.32. The summed E-state index contributed by atoms with van der Waals surface area (Å²) in [5.41, 5.74) is 3.58. The molecule has 30 heavy (non-hydrogen) atoms. The number of sulfonamides is 1. The number of hydrogen-bond acceptors (Lipinski definition) is 5. The molecule has 4 rings (SSSR count). The van der Waals surface area contributed by atoms with E-state index in [1.54, 1.807) is 35.6 Å². The minimum absolute atomic E-state index is 0.0475. The lowest BCUT2D eigenvalue weighted by atomic mass is 10.1. The second-order valence-electron chi connectivity index (χ2n) is 6.67. The molecule has 1 N–H and O–H groups in total. The van der Waals surface area contributed by atoms with Crippen molar-refractivity contribution in [3.8, 4) is 21.8 Å². The molecule has 3 aromatic carbocycles. The van der Waals surface area contributed by atoms with Gasteiger partial charge in [0.15, 0.2) is 5.78 Å². The zero-order valence-electron chi connectivity index (χ0n) is 16.1. The Morgan fingerprint density at radius 1 is 0.900 bits per heavy atom. The Morgan fingerprint density at radius 2 is 1.63 bits per heavy atom. The molecule has 0 saturated carbocycles. The molecule has 0 fully saturated rings. The van der Waals surface area contributed by atoms with Gasteiger partial charge >= 0.3 is 0 Å². The molecule has 0 amide bonds. The first kappa shape index (κ1) is 20.0. The van der Waals surface area contributed by atoms with E-state index >= 15 is 0 Å². The maximum absolute atomic E-state index is 12.7. The number of carbonyl (C=O) groups excluding carboxylic acids is 1. The van der Waals surface area contributed by atoms with Crippen LogP contribution in [-0.2, 0) is 10.0 Å². The van der Waals surface area contributed by atoms with Gasteiger partial charge in [-0.05, 0) is 31.2 Å². The summed E-state index contributed by atoms with van der Waals surface area (Å²) in [5.74, 6) is -0.186. The average Bonchev–Trinajstić information content (AvgIpc) is 3.25. The Bertz CT molecular complexity index is 1300. The lowest BCUT2D eigenvalue weighted by Gasteiger charge is -2.09. The van der Waals surface area contributed by atoms with Crippen molar-refractivity contribution in [2.75, 3.05) is 4.72 Å². The van der Waals surface area contributed by atoms with Gasteiger partial charge in [0.25, 0.3) is 10.0 Å². The Hall–Kier alpha value is -3.29. The summed E-state index contributed by atoms with van der Waals surface area (Å²) < 4.78 is 27.9. The zero-order chi connectivity index (χ0) is 21.1. The summed E-state index contributed by atoms with van der Waals surface area (Å²) in [6, 6.07) is 23.0. The van der Waals surface area contributed by atoms with E-state index in [1.165, 1.54) is 19.1 Å². The molecule has 7 heteroatoms. The molecule has 1 aromatic heterocycles. The number of aromatic nitrogens is 1. The molecule has 0 unspecified atom stereocenters. The molecule has 0 aliphatic rings. The minimum Gasteiger partial charge on any atom is -0.295 e. The van der Waals surface area contributed by atoms with Crippen LogP contribution in [0.4, 0.5) is 5.69 Å². The van der Waals surface area contributed by atoms with Gasteiger partial charge in [0.05, 0.1) is 10.6 Å². The highest BCUT2D eigenvalue weighted by atomic mass is 32.2. The van der Waals surface area contributed by atoms with Gasteiger partial charge in [-0.15, -0.1) is 11.3 Å². The maximum Gasteiger partial charge on any atom is 0.261 e. The van der Waals surface area contributed by atoms with E-state index in [0.29, 0.717) is 11.3 Å². The summed E-state index contributed by atoms with van der Waals surface area (Å²) in [5, 5.41) is 2.91. The first-order valence-corrected chi connectivity index (χ1v) is 11.5. The third-order valence-electron chi connectivity index (χ3n) is 4.51. The molecule has 0 saturated heterocycles. The van der Waals surface area contributed by atoms with E-state index in [-0.39, 0.29) is 10.7 Å². The van der Waals surface area contributed by atoms with E-state index in [1.807, 2.05) is 47.8 Å². The lowest BCUT2D eigenvalue weighted by Crippen LogP contribution is -2.13. The molecule has 150 valence electrons. The third-order valence-corrected chi connectivity index (χ3v) is 6.78. The summed E-state index contributed by atoms with van der Waals surface area (Å²) >= 11 is 1.56. The fourth-order valence-electron chi connectivity index (χ4n) is 2.92. The van der Waals surface area contributed by atoms with Gasteiger partial charge in [-0.2, -0.15) is 0 Å². The van der Waals surface area contributed by atoms with Crippen LogP contribution in [0.2, 0.25) is 0 Å². The quantitative estimate of drug-likeness (QED) is 0.408. The van der Waals surface area contributed by atoms with Crippen molar-refractivity contribution >= 4 is 32.8 Å². The van der Waals surface area contributed by atoms with Gasteiger partial charge in [0.1, 0.15) is 5.01 Å². The Kier molecular flexibility index (Phi) is 5.48. The van der Waals surface area contributed by atoms with Crippen molar-refractivity contribution in [1.29, 1.82) is 0 Å².